The Morgan fingerprint density at radius 1 is 1.07 bits per heavy atom. The Morgan fingerprint density at radius 2 is 1.82 bits per heavy atom. The third kappa shape index (κ3) is 4.72. The quantitative estimate of drug-likeness (QED) is 0.854. The second-order valence-electron chi connectivity index (χ2n) is 7.12. The van der Waals surface area contributed by atoms with Crippen LogP contribution in [0.15, 0.2) is 48.8 Å². The monoisotopic (exact) mass is 382 g/mol. The van der Waals surface area contributed by atoms with Crippen molar-refractivity contribution < 1.29 is 14.3 Å². The van der Waals surface area contributed by atoms with Crippen molar-refractivity contribution in [2.45, 2.75) is 12.5 Å². The Labute approximate surface area is 165 Å². The number of hydrogen-bond donors (Lipinski definition) is 1. The fraction of sp³-hybridized carbons (Fsp3) is 0.429. The molecule has 1 aromatic carbocycles. The number of aromatic nitrogens is 1. The zero-order valence-corrected chi connectivity index (χ0v) is 15.9. The highest BCUT2D eigenvalue weighted by atomic mass is 16.6. The Balaban J connectivity index is 1.16. The molecule has 148 valence electrons. The summed E-state index contributed by atoms with van der Waals surface area (Å²) in [5.41, 5.74) is 1.30. The predicted molar refractivity (Wildman–Crippen MR) is 106 cm³/mol. The summed E-state index contributed by atoms with van der Waals surface area (Å²) in [7, 11) is 0. The molecule has 1 unspecified atom stereocenters. The normalized spacial score (nSPS) is 19.3. The van der Waals surface area contributed by atoms with E-state index in [-0.39, 0.29) is 12.1 Å². The van der Waals surface area contributed by atoms with Crippen molar-refractivity contribution in [3.63, 3.8) is 0 Å². The summed E-state index contributed by atoms with van der Waals surface area (Å²) in [6, 6.07) is 11.7. The van der Waals surface area contributed by atoms with Crippen LogP contribution in [0.4, 0.5) is 4.79 Å². The van der Waals surface area contributed by atoms with E-state index in [1.807, 2.05) is 41.6 Å². The van der Waals surface area contributed by atoms with Gasteiger partial charge in [0.25, 0.3) is 0 Å². The maximum atomic E-state index is 12.5. The van der Waals surface area contributed by atoms with E-state index < -0.39 is 0 Å². The largest absolute Gasteiger partial charge is 0.486 e. The number of pyridine rings is 1. The minimum Gasteiger partial charge on any atom is -0.486 e. The molecular formula is C21H26N4O3. The molecule has 1 N–H and O–H groups in total. The van der Waals surface area contributed by atoms with E-state index in [0.29, 0.717) is 13.2 Å². The van der Waals surface area contributed by atoms with Crippen LogP contribution in [-0.4, -0.2) is 72.8 Å². The first-order valence-electron chi connectivity index (χ1n) is 9.80. The van der Waals surface area contributed by atoms with E-state index in [1.54, 1.807) is 0 Å². The number of benzene rings is 1. The van der Waals surface area contributed by atoms with E-state index >= 15 is 0 Å². The van der Waals surface area contributed by atoms with Gasteiger partial charge in [-0.25, -0.2) is 4.79 Å². The summed E-state index contributed by atoms with van der Waals surface area (Å²) in [4.78, 5) is 20.8. The van der Waals surface area contributed by atoms with Crippen LogP contribution in [0.2, 0.25) is 0 Å². The van der Waals surface area contributed by atoms with Gasteiger partial charge in [-0.3, -0.25) is 9.88 Å². The van der Waals surface area contributed by atoms with Gasteiger partial charge in [0, 0.05) is 45.1 Å². The molecule has 4 rings (SSSR count). The standard InChI is InChI=1S/C21H26N4O3/c26-21(23-15-18-16-27-19-3-1-2-4-20(19)28-18)25-13-11-24(12-14-25)10-7-17-5-8-22-9-6-17/h1-6,8-9,18H,7,10-16H2,(H,23,26). The summed E-state index contributed by atoms with van der Waals surface area (Å²) in [6.07, 6.45) is 4.50. The zero-order chi connectivity index (χ0) is 19.2. The van der Waals surface area contributed by atoms with E-state index in [9.17, 15) is 4.79 Å². The van der Waals surface area contributed by atoms with Gasteiger partial charge in [-0.1, -0.05) is 12.1 Å². The highest BCUT2D eigenvalue weighted by Crippen LogP contribution is 2.30. The SMILES string of the molecule is O=C(NCC1COc2ccccc2O1)N1CCN(CCc2ccncc2)CC1. The second kappa shape index (κ2) is 8.93. The third-order valence-electron chi connectivity index (χ3n) is 5.17. The predicted octanol–water partition coefficient (Wildman–Crippen LogP) is 1.79. The lowest BCUT2D eigenvalue weighted by Crippen LogP contribution is -2.53. The summed E-state index contributed by atoms with van der Waals surface area (Å²) in [5.74, 6) is 1.49. The number of fused-ring (bicyclic) bond motifs is 1. The molecule has 1 saturated heterocycles. The maximum Gasteiger partial charge on any atom is 0.317 e. The molecule has 2 aliphatic heterocycles. The lowest BCUT2D eigenvalue weighted by molar-refractivity contribution is 0.0880. The lowest BCUT2D eigenvalue weighted by atomic mass is 10.2. The number of ether oxygens (including phenoxy) is 2. The molecule has 0 spiro atoms. The smallest absolute Gasteiger partial charge is 0.317 e. The topological polar surface area (TPSA) is 66.9 Å². The molecule has 7 nitrogen and oxygen atoms in total. The molecule has 0 bridgehead atoms. The van der Waals surface area contributed by atoms with Crippen LogP contribution in [0, 0.1) is 0 Å². The summed E-state index contributed by atoms with van der Waals surface area (Å²) in [5, 5.41) is 2.98. The second-order valence-corrected chi connectivity index (χ2v) is 7.12. The van der Waals surface area contributed by atoms with Gasteiger partial charge in [0.1, 0.15) is 6.61 Å². The molecular weight excluding hydrogens is 356 g/mol. The van der Waals surface area contributed by atoms with E-state index in [4.69, 9.17) is 9.47 Å². The first-order chi connectivity index (χ1) is 13.8. The number of urea groups is 1. The van der Waals surface area contributed by atoms with Crippen molar-refractivity contribution in [2.24, 2.45) is 0 Å². The fourth-order valence-corrected chi connectivity index (χ4v) is 3.49. The van der Waals surface area contributed by atoms with Gasteiger partial charge >= 0.3 is 6.03 Å². The average molecular weight is 382 g/mol. The van der Waals surface area contributed by atoms with Crippen LogP contribution in [0.3, 0.4) is 0 Å². The fourth-order valence-electron chi connectivity index (χ4n) is 3.49. The van der Waals surface area contributed by atoms with Crippen LogP contribution in [0.25, 0.3) is 0 Å². The number of rotatable bonds is 5. The van der Waals surface area contributed by atoms with E-state index in [2.05, 4.69) is 27.3 Å². The molecule has 2 amide bonds. The Bertz CT molecular complexity index is 778. The number of carbonyl (C=O) groups excluding carboxylic acids is 1. The van der Waals surface area contributed by atoms with Gasteiger partial charge in [-0.05, 0) is 36.2 Å². The number of amides is 2. The first kappa shape index (κ1) is 18.6. The molecule has 1 atom stereocenters. The molecule has 1 aromatic heterocycles. The average Bonchev–Trinajstić information content (AvgIpc) is 2.77. The molecule has 0 radical (unpaired) electrons. The molecule has 2 aliphatic rings. The zero-order valence-electron chi connectivity index (χ0n) is 15.9. The summed E-state index contributed by atoms with van der Waals surface area (Å²) < 4.78 is 11.6. The van der Waals surface area contributed by atoms with Crippen molar-refractivity contribution in [2.75, 3.05) is 45.9 Å². The van der Waals surface area contributed by atoms with E-state index in [1.165, 1.54) is 5.56 Å². The van der Waals surface area contributed by atoms with Gasteiger partial charge in [0.05, 0.1) is 6.54 Å². The summed E-state index contributed by atoms with van der Waals surface area (Å²) in [6.45, 7) is 5.17. The van der Waals surface area contributed by atoms with Crippen molar-refractivity contribution in [3.8, 4) is 11.5 Å². The van der Waals surface area contributed by atoms with E-state index in [0.717, 1.165) is 50.6 Å². The highest BCUT2D eigenvalue weighted by Gasteiger charge is 2.24. The number of carbonyl (C=O) groups is 1. The van der Waals surface area contributed by atoms with Gasteiger partial charge in [0.15, 0.2) is 17.6 Å². The molecule has 0 saturated carbocycles. The number of para-hydroxylation sites is 2. The maximum absolute atomic E-state index is 12.5. The van der Waals surface area contributed by atoms with Gasteiger partial charge < -0.3 is 19.7 Å². The van der Waals surface area contributed by atoms with Crippen LogP contribution in [0.5, 0.6) is 11.5 Å². The Hall–Kier alpha value is -2.80. The number of nitrogens with one attached hydrogen (secondary N) is 1. The molecule has 3 heterocycles. The molecule has 0 aliphatic carbocycles. The lowest BCUT2D eigenvalue weighted by Gasteiger charge is -2.35. The molecule has 28 heavy (non-hydrogen) atoms. The number of piperazine rings is 1. The Morgan fingerprint density at radius 3 is 2.61 bits per heavy atom. The van der Waals surface area contributed by atoms with Crippen LogP contribution < -0.4 is 14.8 Å². The Kier molecular flexibility index (Phi) is 5.92. The van der Waals surface area contributed by atoms with Crippen LogP contribution >= 0.6 is 0 Å². The number of hydrogen-bond acceptors (Lipinski definition) is 5. The first-order valence-corrected chi connectivity index (χ1v) is 9.80. The van der Waals surface area contributed by atoms with Crippen molar-refractivity contribution in [1.29, 1.82) is 0 Å². The van der Waals surface area contributed by atoms with Crippen LogP contribution in [-0.2, 0) is 6.42 Å². The third-order valence-corrected chi connectivity index (χ3v) is 5.17. The van der Waals surface area contributed by atoms with Crippen molar-refractivity contribution >= 4 is 6.03 Å². The van der Waals surface area contributed by atoms with Crippen molar-refractivity contribution in [3.05, 3.63) is 54.4 Å². The van der Waals surface area contributed by atoms with Crippen molar-refractivity contribution in [1.82, 2.24) is 20.1 Å². The highest BCUT2D eigenvalue weighted by molar-refractivity contribution is 5.74. The molecule has 1 fully saturated rings. The minimum atomic E-state index is -0.166. The van der Waals surface area contributed by atoms with Gasteiger partial charge in [-0.15, -0.1) is 0 Å². The van der Waals surface area contributed by atoms with Gasteiger partial charge in [0.2, 0.25) is 0 Å². The number of nitrogens with zero attached hydrogens (tertiary/aromatic N) is 3. The minimum absolute atomic E-state index is 0.0313. The van der Waals surface area contributed by atoms with Crippen LogP contribution in [0.1, 0.15) is 5.56 Å². The molecule has 2 aromatic rings. The molecule has 7 heteroatoms. The summed E-state index contributed by atoms with van der Waals surface area (Å²) >= 11 is 0. The van der Waals surface area contributed by atoms with Gasteiger partial charge in [-0.2, -0.15) is 0 Å².